The first-order valence-corrected chi connectivity index (χ1v) is 5.72. The number of ether oxygens (including phenoxy) is 2. The number of carbonyl (C=O) groups is 1. The molecule has 0 N–H and O–H groups in total. The van der Waals surface area contributed by atoms with Crippen LogP contribution in [0.3, 0.4) is 0 Å². The van der Waals surface area contributed by atoms with Crippen molar-refractivity contribution in [2.24, 2.45) is 0 Å². The quantitative estimate of drug-likeness (QED) is 0.798. The summed E-state index contributed by atoms with van der Waals surface area (Å²) < 4.78 is 16.1. The predicted octanol–water partition coefficient (Wildman–Crippen LogP) is 3.30. The van der Waals surface area contributed by atoms with E-state index in [1.807, 2.05) is 13.0 Å². The lowest BCUT2D eigenvalue weighted by atomic mass is 10.1. The lowest BCUT2D eigenvalue weighted by Gasteiger charge is -2.00. The van der Waals surface area contributed by atoms with Gasteiger partial charge < -0.3 is 13.9 Å². The van der Waals surface area contributed by atoms with Gasteiger partial charge in [-0.15, -0.1) is 0 Å². The fourth-order valence-electron chi connectivity index (χ4n) is 1.66. The number of carbonyl (C=O) groups excluding carboxylic acids is 1. The molecule has 90 valence electrons. The molecule has 1 heterocycles. The van der Waals surface area contributed by atoms with Crippen LogP contribution in [-0.2, 0) is 4.74 Å². The second-order valence-corrected chi connectivity index (χ2v) is 4.39. The van der Waals surface area contributed by atoms with Crippen LogP contribution in [0.1, 0.15) is 16.1 Å². The Labute approximate surface area is 107 Å². The zero-order valence-electron chi connectivity index (χ0n) is 9.67. The van der Waals surface area contributed by atoms with Crippen molar-refractivity contribution in [1.82, 2.24) is 0 Å². The molecule has 5 heteroatoms. The van der Waals surface area contributed by atoms with E-state index in [0.717, 1.165) is 15.4 Å². The summed E-state index contributed by atoms with van der Waals surface area (Å²) in [6, 6.07) is 3.61. The summed E-state index contributed by atoms with van der Waals surface area (Å²) in [5, 5.41) is 0.830. The van der Waals surface area contributed by atoms with Crippen molar-refractivity contribution in [3.05, 3.63) is 27.9 Å². The number of benzene rings is 1. The Morgan fingerprint density at radius 3 is 2.65 bits per heavy atom. The lowest BCUT2D eigenvalue weighted by molar-refractivity contribution is 0.0566. The van der Waals surface area contributed by atoms with Crippen molar-refractivity contribution in [3.8, 4) is 5.75 Å². The normalized spacial score (nSPS) is 10.6. The molecule has 17 heavy (non-hydrogen) atoms. The summed E-state index contributed by atoms with van der Waals surface area (Å²) in [5.41, 5.74) is 1.36. The molecule has 0 atom stereocenters. The summed E-state index contributed by atoms with van der Waals surface area (Å²) in [6.07, 6.45) is 0. The maximum absolute atomic E-state index is 11.5. The minimum Gasteiger partial charge on any atom is -0.497 e. The monoisotopic (exact) mass is 298 g/mol. The van der Waals surface area contributed by atoms with Gasteiger partial charge in [-0.3, -0.25) is 0 Å². The molecule has 0 saturated heterocycles. The molecule has 0 amide bonds. The van der Waals surface area contributed by atoms with E-state index >= 15 is 0 Å². The van der Waals surface area contributed by atoms with Crippen molar-refractivity contribution in [2.75, 3.05) is 14.2 Å². The number of esters is 1. The van der Waals surface area contributed by atoms with E-state index in [9.17, 15) is 4.79 Å². The van der Waals surface area contributed by atoms with Gasteiger partial charge in [-0.25, -0.2) is 4.79 Å². The highest BCUT2D eigenvalue weighted by Crippen LogP contribution is 2.35. The van der Waals surface area contributed by atoms with Gasteiger partial charge in [0, 0.05) is 10.9 Å². The molecule has 2 aromatic rings. The minimum atomic E-state index is -0.482. The molecule has 1 aromatic carbocycles. The van der Waals surface area contributed by atoms with Crippen molar-refractivity contribution in [2.45, 2.75) is 6.92 Å². The fraction of sp³-hybridized carbons (Fsp3) is 0.250. The van der Waals surface area contributed by atoms with Crippen LogP contribution in [0.2, 0.25) is 0 Å². The molecule has 0 aliphatic carbocycles. The summed E-state index contributed by atoms with van der Waals surface area (Å²) in [6.45, 7) is 1.81. The van der Waals surface area contributed by atoms with Gasteiger partial charge in [0.05, 0.1) is 18.7 Å². The highest BCUT2D eigenvalue weighted by molar-refractivity contribution is 9.10. The van der Waals surface area contributed by atoms with Crippen molar-refractivity contribution >= 4 is 32.9 Å². The zero-order chi connectivity index (χ0) is 12.6. The topological polar surface area (TPSA) is 48.7 Å². The van der Waals surface area contributed by atoms with Crippen LogP contribution in [-0.4, -0.2) is 20.2 Å². The van der Waals surface area contributed by atoms with Crippen LogP contribution >= 0.6 is 15.9 Å². The molecule has 4 nitrogen and oxygen atoms in total. The van der Waals surface area contributed by atoms with Gasteiger partial charge in [-0.1, -0.05) is 0 Å². The Hall–Kier alpha value is -1.49. The number of methoxy groups -OCH3 is 2. The Balaban J connectivity index is 2.73. The van der Waals surface area contributed by atoms with Crippen LogP contribution in [0.4, 0.5) is 0 Å². The molecule has 0 bridgehead atoms. The van der Waals surface area contributed by atoms with Crippen molar-refractivity contribution in [1.29, 1.82) is 0 Å². The number of furan rings is 1. The summed E-state index contributed by atoms with van der Waals surface area (Å²) in [4.78, 5) is 11.5. The van der Waals surface area contributed by atoms with Crippen LogP contribution in [0.25, 0.3) is 11.0 Å². The average Bonchev–Trinajstić information content (AvgIpc) is 2.67. The molecular formula is C12H11BrO4. The van der Waals surface area contributed by atoms with Crippen molar-refractivity contribution < 1.29 is 18.7 Å². The van der Waals surface area contributed by atoms with Gasteiger partial charge in [-0.05, 0) is 35.0 Å². The molecule has 0 saturated carbocycles. The van der Waals surface area contributed by atoms with Crippen LogP contribution < -0.4 is 4.74 Å². The third-order valence-corrected chi connectivity index (χ3v) is 3.16. The summed E-state index contributed by atoms with van der Waals surface area (Å²) in [7, 11) is 2.91. The highest BCUT2D eigenvalue weighted by atomic mass is 79.9. The van der Waals surface area contributed by atoms with E-state index in [1.165, 1.54) is 7.11 Å². The number of hydrogen-bond acceptors (Lipinski definition) is 4. The minimum absolute atomic E-state index is 0.219. The zero-order valence-corrected chi connectivity index (χ0v) is 11.3. The number of hydrogen-bond donors (Lipinski definition) is 0. The van der Waals surface area contributed by atoms with Gasteiger partial charge in [0.1, 0.15) is 11.3 Å². The lowest BCUT2D eigenvalue weighted by Crippen LogP contribution is -2.00. The smallest absolute Gasteiger partial charge is 0.374 e. The van der Waals surface area contributed by atoms with Crippen molar-refractivity contribution in [3.63, 3.8) is 0 Å². The standard InChI is InChI=1S/C12H11BrO4/c1-6-8-4-7(15-2)5-9(13)11(8)17-10(6)12(14)16-3/h4-5H,1-3H3. The molecule has 0 radical (unpaired) electrons. The number of rotatable bonds is 2. The van der Waals surface area contributed by atoms with Gasteiger partial charge in [0.25, 0.3) is 0 Å². The van der Waals surface area contributed by atoms with E-state index in [-0.39, 0.29) is 5.76 Å². The molecule has 0 aliphatic rings. The Morgan fingerprint density at radius 1 is 1.35 bits per heavy atom. The SMILES string of the molecule is COC(=O)c1oc2c(Br)cc(OC)cc2c1C. The fourth-order valence-corrected chi connectivity index (χ4v) is 2.18. The molecule has 0 spiro atoms. The molecule has 1 aromatic heterocycles. The molecule has 0 aliphatic heterocycles. The van der Waals surface area contributed by atoms with E-state index < -0.39 is 5.97 Å². The molecule has 0 unspecified atom stereocenters. The van der Waals surface area contributed by atoms with Gasteiger partial charge in [0.15, 0.2) is 0 Å². The number of fused-ring (bicyclic) bond motifs is 1. The van der Waals surface area contributed by atoms with E-state index in [1.54, 1.807) is 13.2 Å². The summed E-state index contributed by atoms with van der Waals surface area (Å²) in [5.74, 6) is 0.436. The van der Waals surface area contributed by atoms with E-state index in [2.05, 4.69) is 20.7 Å². The van der Waals surface area contributed by atoms with Crippen LogP contribution in [0.5, 0.6) is 5.75 Å². The second kappa shape index (κ2) is 4.41. The molecule has 2 rings (SSSR count). The first-order chi connectivity index (χ1) is 8.08. The number of halogens is 1. The van der Waals surface area contributed by atoms with E-state index in [4.69, 9.17) is 9.15 Å². The second-order valence-electron chi connectivity index (χ2n) is 3.53. The largest absolute Gasteiger partial charge is 0.497 e. The molecular weight excluding hydrogens is 288 g/mol. The first-order valence-electron chi connectivity index (χ1n) is 4.93. The van der Waals surface area contributed by atoms with E-state index in [0.29, 0.717) is 11.3 Å². The third-order valence-electron chi connectivity index (χ3n) is 2.57. The number of aryl methyl sites for hydroxylation is 1. The average molecular weight is 299 g/mol. The Kier molecular flexibility index (Phi) is 3.11. The maximum Gasteiger partial charge on any atom is 0.374 e. The highest BCUT2D eigenvalue weighted by Gasteiger charge is 2.20. The van der Waals surface area contributed by atoms with Crippen LogP contribution in [0, 0.1) is 6.92 Å². The summed E-state index contributed by atoms with van der Waals surface area (Å²) >= 11 is 3.38. The predicted molar refractivity (Wildman–Crippen MR) is 66.5 cm³/mol. The third kappa shape index (κ3) is 1.91. The first kappa shape index (κ1) is 12.0. The molecule has 0 fully saturated rings. The Bertz CT molecular complexity index is 586. The van der Waals surface area contributed by atoms with Gasteiger partial charge >= 0.3 is 5.97 Å². The van der Waals surface area contributed by atoms with Gasteiger partial charge in [-0.2, -0.15) is 0 Å². The maximum atomic E-state index is 11.5. The van der Waals surface area contributed by atoms with Crippen LogP contribution in [0.15, 0.2) is 21.0 Å². The Morgan fingerprint density at radius 2 is 2.06 bits per heavy atom. The van der Waals surface area contributed by atoms with Gasteiger partial charge in [0.2, 0.25) is 5.76 Å².